The normalized spacial score (nSPS) is 10.5. The van der Waals surface area contributed by atoms with Crippen molar-refractivity contribution in [3.8, 4) is 5.75 Å². The van der Waals surface area contributed by atoms with Gasteiger partial charge in [-0.25, -0.2) is 0 Å². The standard InChI is InChI=1S/C24H25NO2S/c1-18-12-19(2)14-21(13-18)16-28-17-24(26)25-22-8-10-23(11-9-22)27-15-20-6-4-3-5-7-20/h3-14H,15-17H2,1-2H3,(H,25,26). The van der Waals surface area contributed by atoms with Crippen LogP contribution in [0.3, 0.4) is 0 Å². The van der Waals surface area contributed by atoms with E-state index in [-0.39, 0.29) is 5.91 Å². The lowest BCUT2D eigenvalue weighted by molar-refractivity contribution is -0.113. The summed E-state index contributed by atoms with van der Waals surface area (Å²) in [4.78, 5) is 12.2. The second kappa shape index (κ2) is 10.00. The van der Waals surface area contributed by atoms with Crippen molar-refractivity contribution < 1.29 is 9.53 Å². The highest BCUT2D eigenvalue weighted by atomic mass is 32.2. The summed E-state index contributed by atoms with van der Waals surface area (Å²) in [6.45, 7) is 4.73. The summed E-state index contributed by atoms with van der Waals surface area (Å²) in [5, 5.41) is 2.94. The molecule has 0 saturated carbocycles. The number of amides is 1. The summed E-state index contributed by atoms with van der Waals surface area (Å²) < 4.78 is 5.77. The minimum atomic E-state index is 0.00679. The molecule has 0 aliphatic heterocycles. The summed E-state index contributed by atoms with van der Waals surface area (Å²) >= 11 is 1.62. The first kappa shape index (κ1) is 20.0. The van der Waals surface area contributed by atoms with Crippen LogP contribution in [0.15, 0.2) is 72.8 Å². The number of hydrogen-bond donors (Lipinski definition) is 1. The molecule has 0 saturated heterocycles. The molecule has 0 aromatic heterocycles. The molecule has 0 spiro atoms. The van der Waals surface area contributed by atoms with E-state index in [9.17, 15) is 4.79 Å². The molecule has 0 fully saturated rings. The van der Waals surface area contributed by atoms with Crippen LogP contribution >= 0.6 is 11.8 Å². The summed E-state index contributed by atoms with van der Waals surface area (Å²) in [7, 11) is 0. The maximum absolute atomic E-state index is 12.2. The summed E-state index contributed by atoms with van der Waals surface area (Å²) in [5.41, 5.74) is 5.68. The van der Waals surface area contributed by atoms with Gasteiger partial charge in [0.15, 0.2) is 0 Å². The average Bonchev–Trinajstić information content (AvgIpc) is 2.67. The summed E-state index contributed by atoms with van der Waals surface area (Å²) in [5.74, 6) is 2.06. The van der Waals surface area contributed by atoms with Crippen molar-refractivity contribution >= 4 is 23.4 Å². The van der Waals surface area contributed by atoms with Crippen LogP contribution in [-0.2, 0) is 17.2 Å². The number of hydrogen-bond acceptors (Lipinski definition) is 3. The maximum atomic E-state index is 12.2. The highest BCUT2D eigenvalue weighted by molar-refractivity contribution is 7.99. The van der Waals surface area contributed by atoms with E-state index in [1.54, 1.807) is 11.8 Å². The van der Waals surface area contributed by atoms with E-state index in [2.05, 4.69) is 37.4 Å². The molecule has 0 bridgehead atoms. The van der Waals surface area contributed by atoms with Crippen molar-refractivity contribution in [3.63, 3.8) is 0 Å². The molecule has 0 heterocycles. The van der Waals surface area contributed by atoms with Crippen LogP contribution in [0.1, 0.15) is 22.3 Å². The lowest BCUT2D eigenvalue weighted by Gasteiger charge is -2.09. The van der Waals surface area contributed by atoms with E-state index in [4.69, 9.17) is 4.74 Å². The molecule has 144 valence electrons. The van der Waals surface area contributed by atoms with Crippen molar-refractivity contribution in [3.05, 3.63) is 95.1 Å². The number of rotatable bonds is 8. The van der Waals surface area contributed by atoms with Crippen LogP contribution in [0.5, 0.6) is 5.75 Å². The van der Waals surface area contributed by atoms with E-state index >= 15 is 0 Å². The van der Waals surface area contributed by atoms with Gasteiger partial charge in [-0.2, -0.15) is 0 Å². The molecule has 28 heavy (non-hydrogen) atoms. The third-order valence-corrected chi connectivity index (χ3v) is 5.17. The number of nitrogens with one attached hydrogen (secondary N) is 1. The number of carbonyl (C=O) groups excluding carboxylic acids is 1. The van der Waals surface area contributed by atoms with Gasteiger partial charge >= 0.3 is 0 Å². The molecule has 1 N–H and O–H groups in total. The van der Waals surface area contributed by atoms with Gasteiger partial charge in [0.05, 0.1) is 5.75 Å². The smallest absolute Gasteiger partial charge is 0.234 e. The fourth-order valence-corrected chi connectivity index (χ4v) is 3.75. The third kappa shape index (κ3) is 6.46. The van der Waals surface area contributed by atoms with Gasteiger partial charge in [0, 0.05) is 11.4 Å². The zero-order chi connectivity index (χ0) is 19.8. The Balaban J connectivity index is 1.42. The number of ether oxygens (including phenoxy) is 1. The third-order valence-electron chi connectivity index (χ3n) is 4.17. The van der Waals surface area contributed by atoms with Crippen LogP contribution in [0.4, 0.5) is 5.69 Å². The molecule has 0 unspecified atom stereocenters. The van der Waals surface area contributed by atoms with E-state index < -0.39 is 0 Å². The van der Waals surface area contributed by atoms with Crippen molar-refractivity contribution in [2.24, 2.45) is 0 Å². The number of anilines is 1. The Hall–Kier alpha value is -2.72. The van der Waals surface area contributed by atoms with E-state index in [0.717, 1.165) is 22.8 Å². The largest absolute Gasteiger partial charge is 0.489 e. The van der Waals surface area contributed by atoms with Crippen LogP contribution in [-0.4, -0.2) is 11.7 Å². The Morgan fingerprint density at radius 1 is 0.893 bits per heavy atom. The predicted molar refractivity (Wildman–Crippen MR) is 118 cm³/mol. The van der Waals surface area contributed by atoms with Gasteiger partial charge in [-0.1, -0.05) is 59.7 Å². The molecule has 0 aliphatic carbocycles. The van der Waals surface area contributed by atoms with Crippen molar-refractivity contribution in [2.45, 2.75) is 26.2 Å². The Kier molecular flexibility index (Phi) is 7.15. The van der Waals surface area contributed by atoms with Crippen molar-refractivity contribution in [1.82, 2.24) is 0 Å². The van der Waals surface area contributed by atoms with Gasteiger partial charge in [-0.15, -0.1) is 11.8 Å². The highest BCUT2D eigenvalue weighted by Crippen LogP contribution is 2.19. The van der Waals surface area contributed by atoms with E-state index in [1.807, 2.05) is 54.6 Å². The predicted octanol–water partition coefficient (Wildman–Crippen LogP) is 5.75. The Morgan fingerprint density at radius 3 is 2.25 bits per heavy atom. The minimum absolute atomic E-state index is 0.00679. The van der Waals surface area contributed by atoms with Crippen molar-refractivity contribution in [2.75, 3.05) is 11.1 Å². The molecule has 1 amide bonds. The zero-order valence-electron chi connectivity index (χ0n) is 16.3. The second-order valence-electron chi connectivity index (χ2n) is 6.84. The maximum Gasteiger partial charge on any atom is 0.234 e. The minimum Gasteiger partial charge on any atom is -0.489 e. The fraction of sp³-hybridized carbons (Fsp3) is 0.208. The van der Waals surface area contributed by atoms with Gasteiger partial charge in [0.2, 0.25) is 5.91 Å². The van der Waals surface area contributed by atoms with Gasteiger partial charge in [-0.05, 0) is 49.2 Å². The van der Waals surface area contributed by atoms with Crippen LogP contribution in [0.25, 0.3) is 0 Å². The lowest BCUT2D eigenvalue weighted by atomic mass is 10.1. The first-order valence-corrected chi connectivity index (χ1v) is 10.5. The first-order valence-electron chi connectivity index (χ1n) is 9.30. The topological polar surface area (TPSA) is 38.3 Å². The van der Waals surface area contributed by atoms with Crippen LogP contribution in [0, 0.1) is 13.8 Å². The van der Waals surface area contributed by atoms with Gasteiger partial charge in [0.1, 0.15) is 12.4 Å². The van der Waals surface area contributed by atoms with Crippen LogP contribution < -0.4 is 10.1 Å². The molecule has 0 aliphatic rings. The molecule has 4 heteroatoms. The second-order valence-corrected chi connectivity index (χ2v) is 7.82. The van der Waals surface area contributed by atoms with Gasteiger partial charge in [-0.3, -0.25) is 4.79 Å². The van der Waals surface area contributed by atoms with Crippen LogP contribution in [0.2, 0.25) is 0 Å². The fourth-order valence-electron chi connectivity index (χ4n) is 2.99. The highest BCUT2D eigenvalue weighted by Gasteiger charge is 2.04. The molecule has 0 radical (unpaired) electrons. The average molecular weight is 392 g/mol. The molecule has 3 rings (SSSR count). The summed E-state index contributed by atoms with van der Waals surface area (Å²) in [6, 6.07) is 24.0. The monoisotopic (exact) mass is 391 g/mol. The number of carbonyl (C=O) groups is 1. The first-order chi connectivity index (χ1) is 13.6. The zero-order valence-corrected chi connectivity index (χ0v) is 17.1. The quantitative estimate of drug-likeness (QED) is 0.531. The molecule has 3 aromatic rings. The molecule has 3 nitrogen and oxygen atoms in total. The number of thioether (sulfide) groups is 1. The number of aryl methyl sites for hydroxylation is 2. The number of benzene rings is 3. The molecular weight excluding hydrogens is 366 g/mol. The SMILES string of the molecule is Cc1cc(C)cc(CSCC(=O)Nc2ccc(OCc3ccccc3)cc2)c1. The van der Waals surface area contributed by atoms with E-state index in [1.165, 1.54) is 16.7 Å². The summed E-state index contributed by atoms with van der Waals surface area (Å²) in [6.07, 6.45) is 0. The molecular formula is C24H25NO2S. The Labute approximate surface area is 171 Å². The van der Waals surface area contributed by atoms with Gasteiger partial charge < -0.3 is 10.1 Å². The molecule has 0 atom stereocenters. The van der Waals surface area contributed by atoms with Gasteiger partial charge in [0.25, 0.3) is 0 Å². The molecule has 3 aromatic carbocycles. The van der Waals surface area contributed by atoms with Crippen molar-refractivity contribution in [1.29, 1.82) is 0 Å². The lowest BCUT2D eigenvalue weighted by Crippen LogP contribution is -2.14. The van der Waals surface area contributed by atoms with E-state index in [0.29, 0.717) is 12.4 Å². The Bertz CT molecular complexity index is 887. The Morgan fingerprint density at radius 2 is 1.57 bits per heavy atom.